The summed E-state index contributed by atoms with van der Waals surface area (Å²) in [5, 5.41) is 9.74. The number of aryl methyl sites for hydroxylation is 1. The first-order valence-corrected chi connectivity index (χ1v) is 13.2. The minimum absolute atomic E-state index is 0.124. The van der Waals surface area contributed by atoms with E-state index in [2.05, 4.69) is 29.2 Å². The molecule has 2 amide bonds. The number of halogens is 2. The normalized spacial score (nSPS) is 14.0. The Kier molecular flexibility index (Phi) is 7.48. The van der Waals surface area contributed by atoms with Crippen molar-refractivity contribution in [3.8, 4) is 5.69 Å². The Hall–Kier alpha value is -3.36. The lowest BCUT2D eigenvalue weighted by Gasteiger charge is -2.35. The molecule has 0 saturated carbocycles. The summed E-state index contributed by atoms with van der Waals surface area (Å²) in [6.45, 7) is 6.87. The van der Waals surface area contributed by atoms with Gasteiger partial charge in [0, 0.05) is 48.3 Å². The molecule has 0 spiro atoms. The molecule has 4 aromatic rings. The standard InChI is InChI=1S/C27H29Cl2N7O/c1-18(2)6-11-24-32-25(23-17-30-36(26(23)33-24)22-5-3-4-20(29)16-22)34-12-14-35(15-13-34)27(37)31-21-9-7-19(28)8-10-21/h3-5,7-10,16-18H,6,11-15H2,1-2H3,(H,31,37). The Morgan fingerprint density at radius 2 is 1.76 bits per heavy atom. The number of rotatable bonds is 6. The van der Waals surface area contributed by atoms with Crippen molar-refractivity contribution in [1.82, 2.24) is 24.6 Å². The van der Waals surface area contributed by atoms with Gasteiger partial charge >= 0.3 is 6.03 Å². The molecule has 0 atom stereocenters. The number of aromatic nitrogens is 4. The van der Waals surface area contributed by atoms with Crippen LogP contribution in [0.3, 0.4) is 0 Å². The molecule has 10 heteroatoms. The van der Waals surface area contributed by atoms with E-state index in [0.717, 1.165) is 46.9 Å². The molecule has 1 aliphatic heterocycles. The number of carbonyl (C=O) groups excluding carboxylic acids is 1. The molecule has 2 aromatic carbocycles. The second-order valence-corrected chi connectivity index (χ2v) is 10.5. The average Bonchev–Trinajstić information content (AvgIpc) is 3.32. The Labute approximate surface area is 226 Å². The van der Waals surface area contributed by atoms with Crippen LogP contribution in [0.2, 0.25) is 10.0 Å². The highest BCUT2D eigenvalue weighted by Crippen LogP contribution is 2.28. The van der Waals surface area contributed by atoms with Gasteiger partial charge in [-0.25, -0.2) is 19.4 Å². The summed E-state index contributed by atoms with van der Waals surface area (Å²) in [6.07, 6.45) is 3.59. The molecule has 1 saturated heterocycles. The number of carbonyl (C=O) groups is 1. The van der Waals surface area contributed by atoms with Crippen LogP contribution in [0.25, 0.3) is 16.7 Å². The van der Waals surface area contributed by atoms with Gasteiger partial charge in [-0.15, -0.1) is 0 Å². The van der Waals surface area contributed by atoms with Crippen molar-refractivity contribution >= 4 is 51.8 Å². The van der Waals surface area contributed by atoms with Gasteiger partial charge in [0.05, 0.1) is 17.3 Å². The van der Waals surface area contributed by atoms with E-state index < -0.39 is 0 Å². The summed E-state index contributed by atoms with van der Waals surface area (Å²) in [6, 6.07) is 14.6. The van der Waals surface area contributed by atoms with E-state index in [1.807, 2.05) is 40.0 Å². The predicted molar refractivity (Wildman–Crippen MR) is 149 cm³/mol. The van der Waals surface area contributed by atoms with Crippen molar-refractivity contribution in [2.24, 2.45) is 5.92 Å². The van der Waals surface area contributed by atoms with Gasteiger partial charge in [0.25, 0.3) is 0 Å². The quantitative estimate of drug-likeness (QED) is 0.323. The van der Waals surface area contributed by atoms with Crippen molar-refractivity contribution in [1.29, 1.82) is 0 Å². The molecular weight excluding hydrogens is 509 g/mol. The summed E-state index contributed by atoms with van der Waals surface area (Å²) in [5.41, 5.74) is 2.33. The maximum atomic E-state index is 12.8. The Balaban J connectivity index is 1.39. The highest BCUT2D eigenvalue weighted by molar-refractivity contribution is 6.31. The van der Waals surface area contributed by atoms with E-state index >= 15 is 0 Å². The van der Waals surface area contributed by atoms with Crippen LogP contribution in [0.15, 0.2) is 54.7 Å². The van der Waals surface area contributed by atoms with Crippen LogP contribution in [-0.2, 0) is 6.42 Å². The molecule has 1 fully saturated rings. The first kappa shape index (κ1) is 25.3. The third-order valence-electron chi connectivity index (χ3n) is 6.41. The average molecular weight is 538 g/mol. The van der Waals surface area contributed by atoms with Gasteiger partial charge in [0.15, 0.2) is 5.65 Å². The van der Waals surface area contributed by atoms with Gasteiger partial charge in [0.1, 0.15) is 11.6 Å². The minimum atomic E-state index is -0.124. The zero-order valence-corrected chi connectivity index (χ0v) is 22.4. The number of hydrogen-bond donors (Lipinski definition) is 1. The third-order valence-corrected chi connectivity index (χ3v) is 6.90. The van der Waals surface area contributed by atoms with Crippen LogP contribution in [0, 0.1) is 5.92 Å². The van der Waals surface area contributed by atoms with Gasteiger partial charge < -0.3 is 15.1 Å². The lowest BCUT2D eigenvalue weighted by Crippen LogP contribution is -2.50. The number of piperazine rings is 1. The first-order chi connectivity index (χ1) is 17.9. The zero-order valence-electron chi connectivity index (χ0n) is 20.9. The Bertz CT molecular complexity index is 1400. The number of anilines is 2. The van der Waals surface area contributed by atoms with E-state index in [0.29, 0.717) is 42.1 Å². The second kappa shape index (κ2) is 10.9. The maximum absolute atomic E-state index is 12.8. The van der Waals surface area contributed by atoms with E-state index in [-0.39, 0.29) is 6.03 Å². The zero-order chi connectivity index (χ0) is 25.9. The van der Waals surface area contributed by atoms with Gasteiger partial charge in [-0.2, -0.15) is 5.10 Å². The molecule has 1 aliphatic rings. The SMILES string of the molecule is CC(C)CCc1nc(N2CCN(C(=O)Nc3ccc(Cl)cc3)CC2)c2cnn(-c3cccc(Cl)c3)c2n1. The van der Waals surface area contributed by atoms with Crippen LogP contribution in [0.1, 0.15) is 26.1 Å². The number of benzene rings is 2. The van der Waals surface area contributed by atoms with Gasteiger partial charge in [-0.1, -0.05) is 43.1 Å². The monoisotopic (exact) mass is 537 g/mol. The number of urea groups is 1. The molecule has 192 valence electrons. The summed E-state index contributed by atoms with van der Waals surface area (Å²) < 4.78 is 1.82. The van der Waals surface area contributed by atoms with Crippen LogP contribution in [0.4, 0.5) is 16.3 Å². The van der Waals surface area contributed by atoms with Crippen molar-refractivity contribution < 1.29 is 4.79 Å². The van der Waals surface area contributed by atoms with Crippen LogP contribution in [-0.4, -0.2) is 56.9 Å². The van der Waals surface area contributed by atoms with E-state index in [4.69, 9.17) is 33.2 Å². The summed E-state index contributed by atoms with van der Waals surface area (Å²) in [7, 11) is 0. The molecule has 8 nitrogen and oxygen atoms in total. The minimum Gasteiger partial charge on any atom is -0.352 e. The fourth-order valence-corrected chi connectivity index (χ4v) is 4.67. The first-order valence-electron chi connectivity index (χ1n) is 12.4. The van der Waals surface area contributed by atoms with Gasteiger partial charge in [0.2, 0.25) is 0 Å². The van der Waals surface area contributed by atoms with Crippen molar-refractivity contribution in [3.05, 3.63) is 70.6 Å². The second-order valence-electron chi connectivity index (χ2n) is 9.58. The van der Waals surface area contributed by atoms with Crippen LogP contribution < -0.4 is 10.2 Å². The van der Waals surface area contributed by atoms with E-state index in [1.165, 1.54) is 0 Å². The predicted octanol–water partition coefficient (Wildman–Crippen LogP) is 6.07. The van der Waals surface area contributed by atoms with E-state index in [9.17, 15) is 4.79 Å². The largest absolute Gasteiger partial charge is 0.352 e. The van der Waals surface area contributed by atoms with Crippen LogP contribution >= 0.6 is 23.2 Å². The molecule has 0 radical (unpaired) electrons. The van der Waals surface area contributed by atoms with Crippen LogP contribution in [0.5, 0.6) is 0 Å². The third kappa shape index (κ3) is 5.81. The number of amides is 2. The number of hydrogen-bond acceptors (Lipinski definition) is 5. The fraction of sp³-hybridized carbons (Fsp3) is 0.333. The Morgan fingerprint density at radius 1 is 1.00 bits per heavy atom. The summed E-state index contributed by atoms with van der Waals surface area (Å²) in [5.74, 6) is 2.20. The van der Waals surface area contributed by atoms with E-state index in [1.54, 1.807) is 24.3 Å². The van der Waals surface area contributed by atoms with Gasteiger partial charge in [-0.3, -0.25) is 0 Å². The smallest absolute Gasteiger partial charge is 0.321 e. The van der Waals surface area contributed by atoms with Crippen molar-refractivity contribution in [2.45, 2.75) is 26.7 Å². The number of nitrogens with zero attached hydrogens (tertiary/aromatic N) is 6. The molecular formula is C27H29Cl2N7O. The molecule has 5 rings (SSSR count). The molecule has 1 N–H and O–H groups in total. The molecule has 2 aromatic heterocycles. The lowest BCUT2D eigenvalue weighted by molar-refractivity contribution is 0.208. The van der Waals surface area contributed by atoms with Crippen molar-refractivity contribution in [2.75, 3.05) is 36.4 Å². The molecule has 0 aliphatic carbocycles. The highest BCUT2D eigenvalue weighted by Gasteiger charge is 2.25. The van der Waals surface area contributed by atoms with Crippen molar-refractivity contribution in [3.63, 3.8) is 0 Å². The molecule has 3 heterocycles. The number of nitrogens with one attached hydrogen (secondary N) is 1. The topological polar surface area (TPSA) is 79.2 Å². The summed E-state index contributed by atoms with van der Waals surface area (Å²) >= 11 is 12.2. The molecule has 0 unspecified atom stereocenters. The lowest BCUT2D eigenvalue weighted by atomic mass is 10.1. The molecule has 37 heavy (non-hydrogen) atoms. The highest BCUT2D eigenvalue weighted by atomic mass is 35.5. The fourth-order valence-electron chi connectivity index (χ4n) is 4.36. The molecule has 0 bridgehead atoms. The maximum Gasteiger partial charge on any atom is 0.321 e. The number of fused-ring (bicyclic) bond motifs is 1. The Morgan fingerprint density at radius 3 is 2.46 bits per heavy atom. The summed E-state index contributed by atoms with van der Waals surface area (Å²) in [4.78, 5) is 26.7. The van der Waals surface area contributed by atoms with Gasteiger partial charge in [-0.05, 0) is 54.8 Å².